The fraction of sp³-hybridized carbons (Fsp3) is 0.0714. The molecule has 0 aliphatic heterocycles. The van der Waals surface area contributed by atoms with Crippen molar-refractivity contribution in [3.63, 3.8) is 0 Å². The number of rotatable bonds is 2. The zero-order valence-electron chi connectivity index (χ0n) is 9.43. The summed E-state index contributed by atoms with van der Waals surface area (Å²) in [6.07, 6.45) is 0.642. The molecule has 1 N–H and O–H groups in total. The van der Waals surface area contributed by atoms with Gasteiger partial charge in [-0.1, -0.05) is 29.8 Å². The van der Waals surface area contributed by atoms with E-state index in [2.05, 4.69) is 4.98 Å². The lowest BCUT2D eigenvalue weighted by Gasteiger charge is -2.00. The van der Waals surface area contributed by atoms with Gasteiger partial charge in [0.15, 0.2) is 0 Å². The van der Waals surface area contributed by atoms with Crippen LogP contribution in [0.5, 0.6) is 5.75 Å². The molecule has 0 saturated carbocycles. The van der Waals surface area contributed by atoms with Crippen molar-refractivity contribution in [2.45, 2.75) is 6.42 Å². The maximum Gasteiger partial charge on any atom is 0.119 e. The van der Waals surface area contributed by atoms with Crippen LogP contribution in [0.3, 0.4) is 0 Å². The van der Waals surface area contributed by atoms with Crippen LogP contribution in [0.15, 0.2) is 42.5 Å². The normalized spacial score (nSPS) is 10.9. The second-order valence-electron chi connectivity index (χ2n) is 4.03. The molecule has 0 radical (unpaired) electrons. The quantitative estimate of drug-likeness (QED) is 0.759. The van der Waals surface area contributed by atoms with Crippen LogP contribution in [-0.2, 0) is 6.42 Å². The predicted molar refractivity (Wildman–Crippen MR) is 75.5 cm³/mol. The Morgan fingerprint density at radius 2 is 2.00 bits per heavy atom. The third kappa shape index (κ3) is 2.19. The molecular weight excluding hydrogens is 266 g/mol. The van der Waals surface area contributed by atoms with E-state index in [0.29, 0.717) is 12.2 Å². The molecule has 3 aromatic rings. The number of thiazole rings is 1. The van der Waals surface area contributed by atoms with E-state index in [1.165, 1.54) is 0 Å². The van der Waals surface area contributed by atoms with Crippen LogP contribution in [-0.4, -0.2) is 10.1 Å². The summed E-state index contributed by atoms with van der Waals surface area (Å²) in [5.41, 5.74) is 1.84. The fourth-order valence-electron chi connectivity index (χ4n) is 1.85. The minimum absolute atomic E-state index is 0.315. The molecule has 2 aromatic carbocycles. The van der Waals surface area contributed by atoms with E-state index >= 15 is 0 Å². The largest absolute Gasteiger partial charge is 0.508 e. The van der Waals surface area contributed by atoms with Gasteiger partial charge >= 0.3 is 0 Å². The first kappa shape index (κ1) is 11.5. The monoisotopic (exact) mass is 275 g/mol. The molecule has 2 nitrogen and oxygen atoms in total. The Hall–Kier alpha value is -1.58. The summed E-state index contributed by atoms with van der Waals surface area (Å²) in [4.78, 5) is 4.54. The maximum atomic E-state index is 9.75. The first-order valence-corrected chi connectivity index (χ1v) is 6.74. The van der Waals surface area contributed by atoms with Crippen molar-refractivity contribution in [3.05, 3.63) is 58.1 Å². The molecule has 0 unspecified atom stereocenters. The van der Waals surface area contributed by atoms with Gasteiger partial charge in [-0.2, -0.15) is 0 Å². The molecule has 0 atom stereocenters. The first-order chi connectivity index (χ1) is 8.72. The standard InChI is InChI=1S/C14H10ClNOS/c15-10-5-6-11-13(8-10)18-14(16-11)7-9-3-1-2-4-12(9)17/h1-6,8,17H,7H2. The average Bonchev–Trinajstić information content (AvgIpc) is 2.73. The van der Waals surface area contributed by atoms with E-state index < -0.39 is 0 Å². The Morgan fingerprint density at radius 1 is 1.17 bits per heavy atom. The number of phenolic OH excluding ortho intramolecular Hbond substituents is 1. The van der Waals surface area contributed by atoms with E-state index in [-0.39, 0.29) is 0 Å². The van der Waals surface area contributed by atoms with E-state index in [1.807, 2.05) is 36.4 Å². The highest BCUT2D eigenvalue weighted by molar-refractivity contribution is 7.18. The number of aromatic hydroxyl groups is 1. The number of fused-ring (bicyclic) bond motifs is 1. The van der Waals surface area contributed by atoms with Crippen LogP contribution in [0.4, 0.5) is 0 Å². The van der Waals surface area contributed by atoms with E-state index in [0.717, 1.165) is 25.8 Å². The number of benzene rings is 2. The van der Waals surface area contributed by atoms with Gasteiger partial charge in [0.1, 0.15) is 5.75 Å². The summed E-state index contributed by atoms with van der Waals surface area (Å²) in [6.45, 7) is 0. The lowest BCUT2D eigenvalue weighted by molar-refractivity contribution is 0.469. The molecule has 0 amide bonds. The Bertz CT molecular complexity index is 708. The number of nitrogens with zero attached hydrogens (tertiary/aromatic N) is 1. The summed E-state index contributed by atoms with van der Waals surface area (Å²) < 4.78 is 1.08. The van der Waals surface area contributed by atoms with E-state index in [9.17, 15) is 5.11 Å². The molecule has 4 heteroatoms. The second kappa shape index (κ2) is 4.59. The molecule has 3 rings (SSSR count). The van der Waals surface area contributed by atoms with Gasteiger partial charge in [0.2, 0.25) is 0 Å². The molecule has 18 heavy (non-hydrogen) atoms. The van der Waals surface area contributed by atoms with Crippen LogP contribution in [0.25, 0.3) is 10.2 Å². The number of aromatic nitrogens is 1. The van der Waals surface area contributed by atoms with Crippen molar-refractivity contribution >= 4 is 33.2 Å². The Kier molecular flexibility index (Phi) is 2.94. The van der Waals surface area contributed by atoms with Gasteiger partial charge in [0, 0.05) is 17.0 Å². The molecule has 1 heterocycles. The van der Waals surface area contributed by atoms with Crippen molar-refractivity contribution in [1.82, 2.24) is 4.98 Å². The minimum atomic E-state index is 0.315. The Morgan fingerprint density at radius 3 is 2.83 bits per heavy atom. The summed E-state index contributed by atoms with van der Waals surface area (Å²) >= 11 is 7.56. The molecule has 0 spiro atoms. The Balaban J connectivity index is 1.98. The van der Waals surface area contributed by atoms with Gasteiger partial charge in [-0.25, -0.2) is 4.98 Å². The van der Waals surface area contributed by atoms with E-state index in [4.69, 9.17) is 11.6 Å². The molecule has 0 saturated heterocycles. The van der Waals surface area contributed by atoms with Gasteiger partial charge in [0.25, 0.3) is 0 Å². The second-order valence-corrected chi connectivity index (χ2v) is 5.58. The van der Waals surface area contributed by atoms with Crippen LogP contribution >= 0.6 is 22.9 Å². The molecular formula is C14H10ClNOS. The summed E-state index contributed by atoms with van der Waals surface area (Å²) in [5, 5.41) is 11.4. The molecule has 0 aliphatic rings. The van der Waals surface area contributed by atoms with Crippen molar-refractivity contribution in [2.24, 2.45) is 0 Å². The van der Waals surface area contributed by atoms with E-state index in [1.54, 1.807) is 17.4 Å². The summed E-state index contributed by atoms with van der Waals surface area (Å²) in [5.74, 6) is 0.315. The smallest absolute Gasteiger partial charge is 0.119 e. The fourth-order valence-corrected chi connectivity index (χ4v) is 3.11. The van der Waals surface area contributed by atoms with Crippen LogP contribution in [0.2, 0.25) is 5.02 Å². The van der Waals surface area contributed by atoms with Gasteiger partial charge < -0.3 is 5.11 Å². The lowest BCUT2D eigenvalue weighted by Crippen LogP contribution is -1.86. The number of phenols is 1. The highest BCUT2D eigenvalue weighted by Gasteiger charge is 2.07. The Labute approximate surface area is 113 Å². The zero-order valence-corrected chi connectivity index (χ0v) is 11.0. The maximum absolute atomic E-state index is 9.75. The van der Waals surface area contributed by atoms with Crippen LogP contribution in [0, 0.1) is 0 Å². The lowest BCUT2D eigenvalue weighted by atomic mass is 10.1. The molecule has 0 bridgehead atoms. The predicted octanol–water partition coefficient (Wildman–Crippen LogP) is 4.25. The van der Waals surface area contributed by atoms with Gasteiger partial charge in [0.05, 0.1) is 15.2 Å². The van der Waals surface area contributed by atoms with Gasteiger partial charge in [-0.3, -0.25) is 0 Å². The van der Waals surface area contributed by atoms with Crippen LogP contribution < -0.4 is 0 Å². The van der Waals surface area contributed by atoms with Gasteiger partial charge in [-0.05, 0) is 24.3 Å². The van der Waals surface area contributed by atoms with Crippen molar-refractivity contribution in [1.29, 1.82) is 0 Å². The van der Waals surface area contributed by atoms with Crippen LogP contribution in [0.1, 0.15) is 10.6 Å². The third-order valence-electron chi connectivity index (χ3n) is 2.73. The van der Waals surface area contributed by atoms with Crippen molar-refractivity contribution in [3.8, 4) is 5.75 Å². The highest BCUT2D eigenvalue weighted by atomic mass is 35.5. The van der Waals surface area contributed by atoms with Gasteiger partial charge in [-0.15, -0.1) is 11.3 Å². The average molecular weight is 276 g/mol. The zero-order chi connectivity index (χ0) is 12.5. The molecule has 90 valence electrons. The third-order valence-corrected chi connectivity index (χ3v) is 3.98. The topological polar surface area (TPSA) is 33.1 Å². The van der Waals surface area contributed by atoms with Crippen molar-refractivity contribution in [2.75, 3.05) is 0 Å². The number of halogens is 1. The molecule has 0 aliphatic carbocycles. The first-order valence-electron chi connectivity index (χ1n) is 5.54. The SMILES string of the molecule is Oc1ccccc1Cc1nc2ccc(Cl)cc2s1. The summed E-state index contributed by atoms with van der Waals surface area (Å²) in [7, 11) is 0. The van der Waals surface area contributed by atoms with Crippen molar-refractivity contribution < 1.29 is 5.11 Å². The summed E-state index contributed by atoms with van der Waals surface area (Å²) in [6, 6.07) is 13.0. The number of hydrogen-bond donors (Lipinski definition) is 1. The molecule has 1 aromatic heterocycles. The number of para-hydroxylation sites is 1. The highest BCUT2D eigenvalue weighted by Crippen LogP contribution is 2.28. The minimum Gasteiger partial charge on any atom is -0.508 e. The number of hydrogen-bond acceptors (Lipinski definition) is 3. The molecule has 0 fully saturated rings.